The third-order valence-electron chi connectivity index (χ3n) is 2.45. The molecule has 0 bridgehead atoms. The lowest BCUT2D eigenvalue weighted by Gasteiger charge is -2.09. The molecule has 17 heavy (non-hydrogen) atoms. The monoisotopic (exact) mass is 231 g/mol. The van der Waals surface area contributed by atoms with E-state index in [0.29, 0.717) is 18.0 Å². The molecule has 2 N–H and O–H groups in total. The molecule has 0 aromatic heterocycles. The smallest absolute Gasteiger partial charge is 0.142 e. The van der Waals surface area contributed by atoms with Gasteiger partial charge in [0, 0.05) is 6.07 Å². The summed E-state index contributed by atoms with van der Waals surface area (Å²) in [6, 6.07) is 12.2. The summed E-state index contributed by atoms with van der Waals surface area (Å²) < 4.78 is 18.4. The van der Waals surface area contributed by atoms with Crippen molar-refractivity contribution < 1.29 is 9.13 Å². The summed E-state index contributed by atoms with van der Waals surface area (Å²) in [6.07, 6.45) is 0. The fourth-order valence-electron chi connectivity index (χ4n) is 1.61. The SMILES string of the molecule is Cc1cccc(COc2ccc(F)cc2N)c1. The molecule has 0 radical (unpaired) electrons. The lowest BCUT2D eigenvalue weighted by Crippen LogP contribution is -1.99. The van der Waals surface area contributed by atoms with E-state index in [4.69, 9.17) is 10.5 Å². The number of nitrogen functional groups attached to an aromatic ring is 1. The molecule has 0 aliphatic rings. The number of anilines is 1. The molecule has 0 heterocycles. The van der Waals surface area contributed by atoms with Crippen molar-refractivity contribution in [1.82, 2.24) is 0 Å². The first-order valence-electron chi connectivity index (χ1n) is 5.38. The van der Waals surface area contributed by atoms with E-state index in [-0.39, 0.29) is 5.82 Å². The summed E-state index contributed by atoms with van der Waals surface area (Å²) in [4.78, 5) is 0. The molecule has 0 unspecified atom stereocenters. The molecular weight excluding hydrogens is 217 g/mol. The second-order valence-electron chi connectivity index (χ2n) is 3.96. The van der Waals surface area contributed by atoms with Gasteiger partial charge in [-0.3, -0.25) is 0 Å². The van der Waals surface area contributed by atoms with Crippen LogP contribution in [0.3, 0.4) is 0 Å². The Bertz CT molecular complexity index is 525. The van der Waals surface area contributed by atoms with Crippen LogP contribution >= 0.6 is 0 Å². The lowest BCUT2D eigenvalue weighted by atomic mass is 10.1. The summed E-state index contributed by atoms with van der Waals surface area (Å²) in [6.45, 7) is 2.45. The molecule has 0 aliphatic carbocycles. The highest BCUT2D eigenvalue weighted by Crippen LogP contribution is 2.22. The molecule has 2 nitrogen and oxygen atoms in total. The van der Waals surface area contributed by atoms with Gasteiger partial charge in [-0.2, -0.15) is 0 Å². The van der Waals surface area contributed by atoms with Crippen molar-refractivity contribution in [2.24, 2.45) is 0 Å². The van der Waals surface area contributed by atoms with Crippen molar-refractivity contribution in [3.8, 4) is 5.75 Å². The number of nitrogens with two attached hydrogens (primary N) is 1. The second kappa shape index (κ2) is 4.87. The first-order valence-corrected chi connectivity index (χ1v) is 5.38. The Kier molecular flexibility index (Phi) is 3.28. The molecule has 3 heteroatoms. The maximum Gasteiger partial charge on any atom is 0.142 e. The summed E-state index contributed by atoms with van der Waals surface area (Å²) in [7, 11) is 0. The molecule has 0 aliphatic heterocycles. The van der Waals surface area contributed by atoms with Crippen molar-refractivity contribution >= 4 is 5.69 Å². The topological polar surface area (TPSA) is 35.2 Å². The summed E-state index contributed by atoms with van der Waals surface area (Å²) >= 11 is 0. The molecule has 2 aromatic carbocycles. The van der Waals surface area contributed by atoms with Crippen LogP contribution in [0.1, 0.15) is 11.1 Å². The molecule has 0 saturated carbocycles. The number of benzene rings is 2. The normalized spacial score (nSPS) is 10.2. The van der Waals surface area contributed by atoms with Crippen molar-refractivity contribution in [1.29, 1.82) is 0 Å². The Morgan fingerprint density at radius 3 is 2.71 bits per heavy atom. The van der Waals surface area contributed by atoms with Gasteiger partial charge in [0.15, 0.2) is 0 Å². The number of hydrogen-bond acceptors (Lipinski definition) is 2. The number of hydrogen-bond donors (Lipinski definition) is 1. The zero-order valence-electron chi connectivity index (χ0n) is 9.61. The number of halogens is 1. The fourth-order valence-corrected chi connectivity index (χ4v) is 1.61. The van der Waals surface area contributed by atoms with Crippen molar-refractivity contribution in [3.63, 3.8) is 0 Å². The van der Waals surface area contributed by atoms with Crippen molar-refractivity contribution in [2.75, 3.05) is 5.73 Å². The van der Waals surface area contributed by atoms with E-state index >= 15 is 0 Å². The molecule has 88 valence electrons. The Morgan fingerprint density at radius 1 is 1.18 bits per heavy atom. The zero-order valence-corrected chi connectivity index (χ0v) is 9.61. The molecule has 0 spiro atoms. The van der Waals surface area contributed by atoms with Crippen LogP contribution in [0.25, 0.3) is 0 Å². The van der Waals surface area contributed by atoms with Gasteiger partial charge in [0.25, 0.3) is 0 Å². The predicted molar refractivity (Wildman–Crippen MR) is 66.3 cm³/mol. The standard InChI is InChI=1S/C14H14FNO/c1-10-3-2-4-11(7-10)9-17-14-6-5-12(15)8-13(14)16/h2-8H,9,16H2,1H3. The van der Waals surface area contributed by atoms with Crippen molar-refractivity contribution in [3.05, 3.63) is 59.4 Å². The molecule has 2 rings (SSSR count). The Morgan fingerprint density at radius 2 is 2.00 bits per heavy atom. The van der Waals surface area contributed by atoms with Crippen LogP contribution < -0.4 is 10.5 Å². The van der Waals surface area contributed by atoms with Gasteiger partial charge in [0.1, 0.15) is 18.2 Å². The zero-order chi connectivity index (χ0) is 12.3. The molecule has 2 aromatic rings. The summed E-state index contributed by atoms with van der Waals surface area (Å²) in [5, 5.41) is 0. The van der Waals surface area contributed by atoms with Gasteiger partial charge in [-0.1, -0.05) is 29.8 Å². The molecule has 0 amide bonds. The maximum absolute atomic E-state index is 12.8. The highest BCUT2D eigenvalue weighted by Gasteiger charge is 2.02. The van der Waals surface area contributed by atoms with Crippen molar-refractivity contribution in [2.45, 2.75) is 13.5 Å². The van der Waals surface area contributed by atoms with E-state index in [0.717, 1.165) is 5.56 Å². The first-order chi connectivity index (χ1) is 8.15. The van der Waals surface area contributed by atoms with Crippen LogP contribution in [-0.4, -0.2) is 0 Å². The quantitative estimate of drug-likeness (QED) is 0.822. The van der Waals surface area contributed by atoms with Crippen LogP contribution in [0.4, 0.5) is 10.1 Å². The minimum atomic E-state index is -0.356. The van der Waals surface area contributed by atoms with Gasteiger partial charge >= 0.3 is 0 Å². The Labute approximate surface area is 99.8 Å². The van der Waals surface area contributed by atoms with Gasteiger partial charge in [-0.25, -0.2) is 4.39 Å². The molecule has 0 saturated heterocycles. The average molecular weight is 231 g/mol. The van der Waals surface area contributed by atoms with Gasteiger partial charge < -0.3 is 10.5 Å². The fraction of sp³-hybridized carbons (Fsp3) is 0.143. The Balaban J connectivity index is 2.07. The number of aryl methyl sites for hydroxylation is 1. The van der Waals surface area contributed by atoms with E-state index in [1.54, 1.807) is 6.07 Å². The van der Waals surface area contributed by atoms with Crippen LogP contribution in [-0.2, 0) is 6.61 Å². The second-order valence-corrected chi connectivity index (χ2v) is 3.96. The lowest BCUT2D eigenvalue weighted by molar-refractivity contribution is 0.307. The minimum absolute atomic E-state index is 0.317. The van der Waals surface area contributed by atoms with Gasteiger partial charge in [-0.15, -0.1) is 0 Å². The number of ether oxygens (including phenoxy) is 1. The van der Waals surface area contributed by atoms with Gasteiger partial charge in [0.2, 0.25) is 0 Å². The van der Waals surface area contributed by atoms with Crippen LogP contribution in [0.15, 0.2) is 42.5 Å². The summed E-state index contributed by atoms with van der Waals surface area (Å²) in [5.41, 5.74) is 8.21. The maximum atomic E-state index is 12.8. The van der Waals surface area contributed by atoms with Crippen LogP contribution in [0, 0.1) is 12.7 Å². The van der Waals surface area contributed by atoms with E-state index in [2.05, 4.69) is 0 Å². The van der Waals surface area contributed by atoms with E-state index in [1.807, 2.05) is 31.2 Å². The highest BCUT2D eigenvalue weighted by atomic mass is 19.1. The first kappa shape index (κ1) is 11.5. The molecular formula is C14H14FNO. The summed E-state index contributed by atoms with van der Waals surface area (Å²) in [5.74, 6) is 0.151. The third-order valence-corrected chi connectivity index (χ3v) is 2.45. The van der Waals surface area contributed by atoms with Gasteiger partial charge in [-0.05, 0) is 24.6 Å². The average Bonchev–Trinajstić information content (AvgIpc) is 2.28. The van der Waals surface area contributed by atoms with E-state index < -0.39 is 0 Å². The minimum Gasteiger partial charge on any atom is -0.487 e. The van der Waals surface area contributed by atoms with Crippen LogP contribution in [0.5, 0.6) is 5.75 Å². The van der Waals surface area contributed by atoms with E-state index in [1.165, 1.54) is 17.7 Å². The molecule has 0 fully saturated rings. The highest BCUT2D eigenvalue weighted by molar-refractivity contribution is 5.52. The van der Waals surface area contributed by atoms with Gasteiger partial charge in [0.05, 0.1) is 5.69 Å². The Hall–Kier alpha value is -2.03. The molecule has 0 atom stereocenters. The van der Waals surface area contributed by atoms with Crippen LogP contribution in [0.2, 0.25) is 0 Å². The predicted octanol–water partition coefficient (Wildman–Crippen LogP) is 3.30. The third kappa shape index (κ3) is 2.97. The number of rotatable bonds is 3. The largest absolute Gasteiger partial charge is 0.487 e. The van der Waals surface area contributed by atoms with E-state index in [9.17, 15) is 4.39 Å².